The molecular weight excluding hydrogens is 500 g/mol. The Morgan fingerprint density at radius 3 is 1.95 bits per heavy atom. The number of nitrogens with zero attached hydrogens (tertiary/aromatic N) is 3. The largest absolute Gasteiger partial charge is 0.507 e. The number of urea groups is 1. The Kier molecular flexibility index (Phi) is 9.13. The summed E-state index contributed by atoms with van der Waals surface area (Å²) in [6.07, 6.45) is 3.79. The van der Waals surface area contributed by atoms with Crippen molar-refractivity contribution in [2.45, 2.75) is 78.1 Å². The van der Waals surface area contributed by atoms with E-state index in [9.17, 15) is 14.7 Å². The van der Waals surface area contributed by atoms with Crippen molar-refractivity contribution in [3.63, 3.8) is 0 Å². The highest BCUT2D eigenvalue weighted by molar-refractivity contribution is 5.90. The van der Waals surface area contributed by atoms with E-state index in [2.05, 4.69) is 70.0 Å². The number of benzene rings is 2. The van der Waals surface area contributed by atoms with Gasteiger partial charge in [0.1, 0.15) is 5.75 Å². The first-order valence-corrected chi connectivity index (χ1v) is 14.8. The highest BCUT2D eigenvalue weighted by Gasteiger charge is 2.27. The molecule has 0 bridgehead atoms. The number of nitrogens with one attached hydrogen (secondary N) is 1. The number of carbonyl (C=O) groups is 2. The second kappa shape index (κ2) is 12.2. The number of carbonyl (C=O) groups excluding carboxylic acids is 2. The first-order valence-electron chi connectivity index (χ1n) is 14.8. The van der Waals surface area contributed by atoms with Gasteiger partial charge in [-0.1, -0.05) is 71.9 Å². The molecule has 0 aromatic heterocycles. The third kappa shape index (κ3) is 7.36. The molecule has 2 N–H and O–H groups in total. The number of rotatable bonds is 6. The molecule has 2 aliphatic heterocycles. The summed E-state index contributed by atoms with van der Waals surface area (Å²) in [5.74, 6) is 0.610. The fourth-order valence-corrected chi connectivity index (χ4v) is 5.68. The first kappa shape index (κ1) is 29.9. The molecule has 2 saturated heterocycles. The minimum absolute atomic E-state index is 0.0901. The van der Waals surface area contributed by atoms with Crippen LogP contribution in [0.2, 0.25) is 0 Å². The van der Waals surface area contributed by atoms with E-state index in [1.165, 1.54) is 5.56 Å². The van der Waals surface area contributed by atoms with Crippen LogP contribution in [0, 0.1) is 0 Å². The lowest BCUT2D eigenvalue weighted by Gasteiger charge is -2.35. The van der Waals surface area contributed by atoms with Gasteiger partial charge in [-0.15, -0.1) is 0 Å². The molecule has 0 saturated carbocycles. The molecule has 2 heterocycles. The summed E-state index contributed by atoms with van der Waals surface area (Å²) in [5, 5.41) is 14.2. The number of hydrogen-bond donors (Lipinski definition) is 2. The van der Waals surface area contributed by atoms with Crippen LogP contribution in [0.25, 0.3) is 0 Å². The molecule has 0 unspecified atom stereocenters. The molecule has 7 nitrogen and oxygen atoms in total. The number of phenols is 1. The highest BCUT2D eigenvalue weighted by atomic mass is 16.3. The lowest BCUT2D eigenvalue weighted by atomic mass is 9.78. The zero-order chi connectivity index (χ0) is 29.1. The standard InChI is InChI=1S/C33H48N4O3/c1-32(2,3)26-21-24(22-27(30(26)39)33(4,5)6)13-14-25-11-7-8-12-28(25)34-31(40)37-19-17-35(18-20-37)23-29(38)36-15-9-10-16-36/h7-8,11-12,21-22,39H,9-10,13-20,23H2,1-6H3,(H,34,40). The van der Waals surface area contributed by atoms with Crippen molar-refractivity contribution in [2.24, 2.45) is 0 Å². The van der Waals surface area contributed by atoms with Gasteiger partial charge in [0.25, 0.3) is 0 Å². The predicted octanol–water partition coefficient (Wildman–Crippen LogP) is 5.54. The summed E-state index contributed by atoms with van der Waals surface area (Å²) in [7, 11) is 0. The molecule has 218 valence electrons. The van der Waals surface area contributed by atoms with Gasteiger partial charge in [-0.25, -0.2) is 4.79 Å². The number of anilines is 1. The number of likely N-dealkylation sites (tertiary alicyclic amines) is 1. The van der Waals surface area contributed by atoms with Gasteiger partial charge in [0.15, 0.2) is 0 Å². The highest BCUT2D eigenvalue weighted by Crippen LogP contribution is 2.40. The van der Waals surface area contributed by atoms with Crippen molar-refractivity contribution >= 4 is 17.6 Å². The maximum Gasteiger partial charge on any atom is 0.321 e. The molecule has 2 aromatic rings. The van der Waals surface area contributed by atoms with Crippen LogP contribution < -0.4 is 5.32 Å². The van der Waals surface area contributed by atoms with Crippen molar-refractivity contribution in [1.82, 2.24) is 14.7 Å². The summed E-state index contributed by atoms with van der Waals surface area (Å²) < 4.78 is 0. The molecule has 7 heteroatoms. The Hall–Kier alpha value is -3.06. The van der Waals surface area contributed by atoms with E-state index in [0.717, 1.165) is 61.2 Å². The number of para-hydroxylation sites is 1. The molecule has 3 amide bonds. The van der Waals surface area contributed by atoms with E-state index in [4.69, 9.17) is 0 Å². The van der Waals surface area contributed by atoms with Crippen LogP contribution in [0.15, 0.2) is 36.4 Å². The van der Waals surface area contributed by atoms with Gasteiger partial charge in [0.2, 0.25) is 5.91 Å². The van der Waals surface area contributed by atoms with E-state index in [1.807, 2.05) is 28.0 Å². The van der Waals surface area contributed by atoms with Crippen molar-refractivity contribution in [3.05, 3.63) is 58.7 Å². The summed E-state index contributed by atoms with van der Waals surface area (Å²) in [5.41, 5.74) is 4.72. The van der Waals surface area contributed by atoms with Crippen LogP contribution in [-0.4, -0.2) is 77.6 Å². The number of hydrogen-bond acceptors (Lipinski definition) is 4. The summed E-state index contributed by atoms with van der Waals surface area (Å²) in [6.45, 7) is 17.6. The Morgan fingerprint density at radius 2 is 1.38 bits per heavy atom. The SMILES string of the molecule is CC(C)(C)c1cc(CCc2ccccc2NC(=O)N2CCN(CC(=O)N3CCCC3)CC2)cc(C(C)(C)C)c1O. The third-order valence-electron chi connectivity index (χ3n) is 8.20. The van der Waals surface area contributed by atoms with Gasteiger partial charge < -0.3 is 20.2 Å². The van der Waals surface area contributed by atoms with Gasteiger partial charge in [0.05, 0.1) is 6.54 Å². The molecule has 0 radical (unpaired) electrons. The summed E-state index contributed by atoms with van der Waals surface area (Å²) in [4.78, 5) is 31.6. The number of piperazine rings is 1. The average Bonchev–Trinajstić information content (AvgIpc) is 3.43. The Morgan fingerprint density at radius 1 is 0.800 bits per heavy atom. The molecule has 2 fully saturated rings. The van der Waals surface area contributed by atoms with Gasteiger partial charge in [-0.3, -0.25) is 9.69 Å². The molecular formula is C33H48N4O3. The monoisotopic (exact) mass is 548 g/mol. The van der Waals surface area contributed by atoms with Gasteiger partial charge in [0, 0.05) is 45.0 Å². The number of amides is 3. The molecule has 0 atom stereocenters. The topological polar surface area (TPSA) is 76.1 Å². The first-order chi connectivity index (χ1) is 18.8. The Balaban J connectivity index is 1.38. The van der Waals surface area contributed by atoms with Crippen molar-refractivity contribution in [3.8, 4) is 5.75 Å². The molecule has 2 aromatic carbocycles. The van der Waals surface area contributed by atoms with E-state index < -0.39 is 0 Å². The predicted molar refractivity (Wildman–Crippen MR) is 162 cm³/mol. The summed E-state index contributed by atoms with van der Waals surface area (Å²) >= 11 is 0. The number of aryl methyl sites for hydroxylation is 2. The van der Waals surface area contributed by atoms with Crippen LogP contribution in [0.4, 0.5) is 10.5 Å². The zero-order valence-corrected chi connectivity index (χ0v) is 25.3. The van der Waals surface area contributed by atoms with Crippen LogP contribution in [-0.2, 0) is 28.5 Å². The van der Waals surface area contributed by atoms with Crippen molar-refractivity contribution in [1.29, 1.82) is 0 Å². The van der Waals surface area contributed by atoms with Crippen LogP contribution in [0.5, 0.6) is 5.75 Å². The smallest absolute Gasteiger partial charge is 0.321 e. The third-order valence-corrected chi connectivity index (χ3v) is 8.20. The normalized spacial score (nSPS) is 16.9. The molecule has 40 heavy (non-hydrogen) atoms. The van der Waals surface area contributed by atoms with Crippen LogP contribution in [0.1, 0.15) is 76.6 Å². The molecule has 4 rings (SSSR count). The lowest BCUT2D eigenvalue weighted by Crippen LogP contribution is -2.52. The van der Waals surface area contributed by atoms with Gasteiger partial charge >= 0.3 is 6.03 Å². The van der Waals surface area contributed by atoms with Gasteiger partial charge in [-0.2, -0.15) is 0 Å². The fourth-order valence-electron chi connectivity index (χ4n) is 5.68. The molecule has 2 aliphatic rings. The van der Waals surface area contributed by atoms with E-state index in [0.29, 0.717) is 38.5 Å². The Bertz CT molecular complexity index is 1160. The summed E-state index contributed by atoms with van der Waals surface area (Å²) in [6, 6.07) is 12.2. The average molecular weight is 549 g/mol. The van der Waals surface area contributed by atoms with E-state index >= 15 is 0 Å². The zero-order valence-electron chi connectivity index (χ0n) is 25.3. The molecule has 0 aliphatic carbocycles. The molecule has 0 spiro atoms. The van der Waals surface area contributed by atoms with E-state index in [-0.39, 0.29) is 22.8 Å². The van der Waals surface area contributed by atoms with Gasteiger partial charge in [-0.05, 0) is 64.8 Å². The van der Waals surface area contributed by atoms with Crippen molar-refractivity contribution in [2.75, 3.05) is 51.1 Å². The number of aromatic hydroxyl groups is 1. The maximum absolute atomic E-state index is 13.2. The lowest BCUT2D eigenvalue weighted by molar-refractivity contribution is -0.131. The maximum atomic E-state index is 13.2. The van der Waals surface area contributed by atoms with Crippen LogP contribution in [0.3, 0.4) is 0 Å². The van der Waals surface area contributed by atoms with Crippen molar-refractivity contribution < 1.29 is 14.7 Å². The fraction of sp³-hybridized carbons (Fsp3) is 0.576. The van der Waals surface area contributed by atoms with E-state index in [1.54, 1.807) is 0 Å². The second-order valence-corrected chi connectivity index (χ2v) is 13.5. The van der Waals surface area contributed by atoms with Crippen LogP contribution >= 0.6 is 0 Å². The quantitative estimate of drug-likeness (QED) is 0.497. The Labute approximate surface area is 240 Å². The number of phenolic OH excluding ortho intramolecular Hbond substituents is 1. The minimum Gasteiger partial charge on any atom is -0.507 e. The second-order valence-electron chi connectivity index (χ2n) is 13.5. The minimum atomic E-state index is -0.169.